The molecule has 6 nitrogen and oxygen atoms in total. The molecule has 2 aromatic rings. The van der Waals surface area contributed by atoms with E-state index >= 15 is 0 Å². The highest BCUT2D eigenvalue weighted by atomic mass is 35.5. The lowest BCUT2D eigenvalue weighted by Gasteiger charge is -2.35. The Kier molecular flexibility index (Phi) is 4.96. The van der Waals surface area contributed by atoms with Crippen molar-refractivity contribution in [1.82, 2.24) is 14.3 Å². The van der Waals surface area contributed by atoms with E-state index < -0.39 is 10.0 Å². The molecule has 1 aliphatic rings. The van der Waals surface area contributed by atoms with Crippen LogP contribution < -0.4 is 4.90 Å². The molecule has 9 heteroatoms. The van der Waals surface area contributed by atoms with Crippen molar-refractivity contribution in [2.45, 2.75) is 11.8 Å². The fourth-order valence-corrected chi connectivity index (χ4v) is 4.46. The largest absolute Gasteiger partial charge is 0.354 e. The van der Waals surface area contributed by atoms with Gasteiger partial charge in [-0.05, 0) is 25.1 Å². The maximum atomic E-state index is 12.7. The first-order valence-corrected chi connectivity index (χ1v) is 9.56. The zero-order chi connectivity index (χ0) is 17.3. The molecule has 0 aliphatic carbocycles. The number of piperazine rings is 1. The summed E-state index contributed by atoms with van der Waals surface area (Å²) in [4.78, 5) is 10.5. The molecular formula is C15H16Cl2N4O2S. The first-order chi connectivity index (χ1) is 11.4. The maximum absolute atomic E-state index is 12.7. The van der Waals surface area contributed by atoms with Crippen LogP contribution in [0.25, 0.3) is 0 Å². The maximum Gasteiger partial charge on any atom is 0.243 e. The molecule has 1 aromatic carbocycles. The van der Waals surface area contributed by atoms with Crippen LogP contribution in [-0.4, -0.2) is 48.9 Å². The number of nitrogens with zero attached hydrogens (tertiary/aromatic N) is 4. The van der Waals surface area contributed by atoms with Gasteiger partial charge in [0.15, 0.2) is 0 Å². The lowest BCUT2D eigenvalue weighted by molar-refractivity contribution is 0.383. The molecule has 3 rings (SSSR count). The van der Waals surface area contributed by atoms with Gasteiger partial charge in [-0.25, -0.2) is 18.4 Å². The molecule has 1 saturated heterocycles. The predicted octanol–water partition coefficient (Wildman–Crippen LogP) is 2.60. The Morgan fingerprint density at radius 2 is 1.79 bits per heavy atom. The molecule has 128 valence electrons. The van der Waals surface area contributed by atoms with Crippen LogP contribution in [0.3, 0.4) is 0 Å². The number of aromatic nitrogens is 2. The van der Waals surface area contributed by atoms with E-state index in [2.05, 4.69) is 14.9 Å². The Balaban J connectivity index is 1.76. The molecule has 0 amide bonds. The Morgan fingerprint density at radius 3 is 2.42 bits per heavy atom. The molecule has 0 radical (unpaired) electrons. The van der Waals surface area contributed by atoms with Gasteiger partial charge in [0.05, 0.1) is 14.9 Å². The number of hydrogen-bond acceptors (Lipinski definition) is 5. The van der Waals surface area contributed by atoms with E-state index in [1.165, 1.54) is 28.8 Å². The van der Waals surface area contributed by atoms with Crippen LogP contribution in [0.2, 0.25) is 10.0 Å². The number of aryl methyl sites for hydroxylation is 1. The van der Waals surface area contributed by atoms with Crippen LogP contribution in [0.1, 0.15) is 5.56 Å². The summed E-state index contributed by atoms with van der Waals surface area (Å²) >= 11 is 11.8. The smallest absolute Gasteiger partial charge is 0.243 e. The van der Waals surface area contributed by atoms with Crippen molar-refractivity contribution in [3.05, 3.63) is 46.3 Å². The van der Waals surface area contributed by atoms with Gasteiger partial charge in [0, 0.05) is 37.9 Å². The average molecular weight is 387 g/mol. The fourth-order valence-electron chi connectivity index (χ4n) is 2.65. The van der Waals surface area contributed by atoms with Crippen LogP contribution in [0.5, 0.6) is 0 Å². The molecule has 0 N–H and O–H groups in total. The molecule has 0 spiro atoms. The minimum absolute atomic E-state index is 0.156. The van der Waals surface area contributed by atoms with Gasteiger partial charge in [0.1, 0.15) is 12.1 Å². The zero-order valence-electron chi connectivity index (χ0n) is 13.0. The summed E-state index contributed by atoms with van der Waals surface area (Å²) < 4.78 is 26.9. The number of anilines is 1. The van der Waals surface area contributed by atoms with Crippen LogP contribution >= 0.6 is 23.2 Å². The number of halogens is 2. The zero-order valence-corrected chi connectivity index (χ0v) is 15.3. The van der Waals surface area contributed by atoms with Gasteiger partial charge in [-0.1, -0.05) is 23.2 Å². The van der Waals surface area contributed by atoms with E-state index in [9.17, 15) is 8.42 Å². The van der Waals surface area contributed by atoms with Gasteiger partial charge in [-0.2, -0.15) is 4.31 Å². The van der Waals surface area contributed by atoms with Gasteiger partial charge in [-0.3, -0.25) is 0 Å². The summed E-state index contributed by atoms with van der Waals surface area (Å²) in [5, 5.41) is 0.563. The third-order valence-corrected chi connectivity index (χ3v) is 6.57. The molecule has 1 aromatic heterocycles. The van der Waals surface area contributed by atoms with E-state index in [1.807, 2.05) is 6.92 Å². The van der Waals surface area contributed by atoms with Gasteiger partial charge >= 0.3 is 0 Å². The second-order valence-electron chi connectivity index (χ2n) is 5.50. The summed E-state index contributed by atoms with van der Waals surface area (Å²) in [5.41, 5.74) is 0.971. The highest BCUT2D eigenvalue weighted by Crippen LogP contribution is 2.27. The molecular weight excluding hydrogens is 371 g/mol. The molecule has 1 fully saturated rings. The molecule has 2 heterocycles. The summed E-state index contributed by atoms with van der Waals surface area (Å²) in [7, 11) is -3.59. The molecule has 0 unspecified atom stereocenters. The third-order valence-electron chi connectivity index (χ3n) is 3.93. The highest BCUT2D eigenvalue weighted by molar-refractivity contribution is 7.89. The van der Waals surface area contributed by atoms with Gasteiger partial charge in [-0.15, -0.1) is 0 Å². The minimum Gasteiger partial charge on any atom is -0.354 e. The summed E-state index contributed by atoms with van der Waals surface area (Å²) in [6.45, 7) is 3.84. The summed E-state index contributed by atoms with van der Waals surface area (Å²) in [6.07, 6.45) is 3.25. The molecule has 24 heavy (non-hydrogen) atoms. The lowest BCUT2D eigenvalue weighted by Crippen LogP contribution is -2.49. The number of sulfonamides is 1. The SMILES string of the molecule is Cc1cncnc1N1CCN(S(=O)(=O)c2ccc(Cl)c(Cl)c2)CC1. The van der Waals surface area contributed by atoms with Gasteiger partial charge in [0.25, 0.3) is 0 Å². The van der Waals surface area contributed by atoms with E-state index in [0.717, 1.165) is 11.4 Å². The van der Waals surface area contributed by atoms with Crippen molar-refractivity contribution in [2.24, 2.45) is 0 Å². The summed E-state index contributed by atoms with van der Waals surface area (Å²) in [5.74, 6) is 0.844. The van der Waals surface area contributed by atoms with Crippen LogP contribution in [0.4, 0.5) is 5.82 Å². The van der Waals surface area contributed by atoms with Crippen molar-refractivity contribution in [3.63, 3.8) is 0 Å². The molecule has 0 bridgehead atoms. The van der Waals surface area contributed by atoms with Crippen LogP contribution in [0, 0.1) is 6.92 Å². The molecule has 0 atom stereocenters. The lowest BCUT2D eigenvalue weighted by atomic mass is 10.3. The second-order valence-corrected chi connectivity index (χ2v) is 8.25. The summed E-state index contributed by atoms with van der Waals surface area (Å²) in [6, 6.07) is 4.36. The number of rotatable bonds is 3. The predicted molar refractivity (Wildman–Crippen MR) is 94.2 cm³/mol. The number of hydrogen-bond donors (Lipinski definition) is 0. The third kappa shape index (κ3) is 3.35. The fraction of sp³-hybridized carbons (Fsp3) is 0.333. The Labute approximate surface area is 151 Å². The number of benzene rings is 1. The van der Waals surface area contributed by atoms with Crippen molar-refractivity contribution >= 4 is 39.0 Å². The van der Waals surface area contributed by atoms with E-state index in [4.69, 9.17) is 23.2 Å². The Bertz CT molecular complexity index is 852. The minimum atomic E-state index is -3.59. The average Bonchev–Trinajstić information content (AvgIpc) is 2.58. The Hall–Kier alpha value is -1.41. The quantitative estimate of drug-likeness (QED) is 0.810. The first-order valence-electron chi connectivity index (χ1n) is 7.36. The monoisotopic (exact) mass is 386 g/mol. The van der Waals surface area contributed by atoms with E-state index in [-0.39, 0.29) is 9.92 Å². The highest BCUT2D eigenvalue weighted by Gasteiger charge is 2.29. The van der Waals surface area contributed by atoms with Gasteiger partial charge in [0.2, 0.25) is 10.0 Å². The molecule has 1 aliphatic heterocycles. The van der Waals surface area contributed by atoms with Gasteiger partial charge < -0.3 is 4.90 Å². The van der Waals surface area contributed by atoms with E-state index in [0.29, 0.717) is 31.2 Å². The normalized spacial score (nSPS) is 16.4. The topological polar surface area (TPSA) is 66.4 Å². The van der Waals surface area contributed by atoms with Crippen molar-refractivity contribution in [2.75, 3.05) is 31.1 Å². The van der Waals surface area contributed by atoms with E-state index in [1.54, 1.807) is 6.20 Å². The van der Waals surface area contributed by atoms with Crippen molar-refractivity contribution in [1.29, 1.82) is 0 Å². The van der Waals surface area contributed by atoms with Crippen LogP contribution in [-0.2, 0) is 10.0 Å². The first kappa shape index (κ1) is 17.4. The second kappa shape index (κ2) is 6.84. The van der Waals surface area contributed by atoms with Crippen molar-refractivity contribution < 1.29 is 8.42 Å². The van der Waals surface area contributed by atoms with Crippen molar-refractivity contribution in [3.8, 4) is 0 Å². The Morgan fingerprint density at radius 1 is 1.08 bits per heavy atom. The van der Waals surface area contributed by atoms with Crippen LogP contribution in [0.15, 0.2) is 35.6 Å². The molecule has 0 saturated carbocycles. The standard InChI is InChI=1S/C15H16Cl2N4O2S/c1-11-9-18-10-19-15(11)20-4-6-21(7-5-20)24(22,23)12-2-3-13(16)14(17)8-12/h2-3,8-10H,4-7H2,1H3.